The maximum absolute atomic E-state index is 12.6. The number of hydrogen-bond acceptors (Lipinski definition) is 5. The molecule has 2 unspecified atom stereocenters. The lowest BCUT2D eigenvalue weighted by molar-refractivity contribution is -0.384. The van der Waals surface area contributed by atoms with E-state index >= 15 is 0 Å². The largest absolute Gasteiger partial charge is 0.444 e. The summed E-state index contributed by atoms with van der Waals surface area (Å²) >= 11 is 0. The van der Waals surface area contributed by atoms with Crippen molar-refractivity contribution in [1.82, 2.24) is 4.90 Å². The highest BCUT2D eigenvalue weighted by Gasteiger charge is 2.54. The Morgan fingerprint density at radius 3 is 2.42 bits per heavy atom. The third kappa shape index (κ3) is 2.79. The highest BCUT2D eigenvalue weighted by Crippen LogP contribution is 2.37. The molecule has 24 heavy (non-hydrogen) atoms. The molecule has 2 bridgehead atoms. The van der Waals surface area contributed by atoms with E-state index < -0.39 is 22.7 Å². The van der Waals surface area contributed by atoms with E-state index in [4.69, 9.17) is 4.74 Å². The molecule has 0 N–H and O–H groups in total. The van der Waals surface area contributed by atoms with E-state index in [0.29, 0.717) is 18.7 Å². The minimum absolute atomic E-state index is 0.0243. The molecular weight excluding hydrogens is 314 g/mol. The number of piperidine rings is 1. The van der Waals surface area contributed by atoms with Gasteiger partial charge in [0.1, 0.15) is 11.6 Å². The average Bonchev–Trinajstić information content (AvgIpc) is 2.44. The lowest BCUT2D eigenvalue weighted by atomic mass is 9.87. The third-order valence-electron chi connectivity index (χ3n) is 4.15. The number of rotatable bonds is 2. The molecule has 1 aromatic rings. The molecule has 1 aromatic carbocycles. The maximum atomic E-state index is 12.6. The minimum atomic E-state index is -0.609. The van der Waals surface area contributed by atoms with Gasteiger partial charge in [-0.1, -0.05) is 0 Å². The van der Waals surface area contributed by atoms with Crippen LogP contribution in [0, 0.1) is 10.1 Å². The van der Waals surface area contributed by atoms with Crippen LogP contribution >= 0.6 is 0 Å². The number of ether oxygens (including phenoxy) is 1. The first-order chi connectivity index (χ1) is 11.2. The van der Waals surface area contributed by atoms with Crippen LogP contribution < -0.4 is 4.90 Å². The van der Waals surface area contributed by atoms with Crippen LogP contribution in [0.25, 0.3) is 0 Å². The van der Waals surface area contributed by atoms with Crippen molar-refractivity contribution in [3.8, 4) is 0 Å². The number of anilines is 1. The Bertz CT molecular complexity index is 695. The normalized spacial score (nSPS) is 22.9. The Kier molecular flexibility index (Phi) is 3.70. The zero-order valence-corrected chi connectivity index (χ0v) is 13.8. The summed E-state index contributed by atoms with van der Waals surface area (Å²) in [6.07, 6.45) is 0.155. The Hall–Kier alpha value is -2.64. The molecule has 128 valence electrons. The lowest BCUT2D eigenvalue weighted by Crippen LogP contribution is -2.73. The van der Waals surface area contributed by atoms with Crippen molar-refractivity contribution < 1.29 is 19.2 Å². The van der Waals surface area contributed by atoms with Crippen LogP contribution in [0.1, 0.15) is 27.2 Å². The van der Waals surface area contributed by atoms with Gasteiger partial charge in [-0.3, -0.25) is 19.8 Å². The molecule has 0 spiro atoms. The highest BCUT2D eigenvalue weighted by atomic mass is 16.6. The first-order valence-corrected chi connectivity index (χ1v) is 7.74. The zero-order valence-electron chi connectivity index (χ0n) is 13.8. The number of carbonyl (C=O) groups excluding carboxylic acids is 2. The predicted molar refractivity (Wildman–Crippen MR) is 85.7 cm³/mol. The molecule has 8 heteroatoms. The topological polar surface area (TPSA) is 93.0 Å². The summed E-state index contributed by atoms with van der Waals surface area (Å²) in [6.45, 7) is 5.72. The van der Waals surface area contributed by atoms with Gasteiger partial charge < -0.3 is 9.64 Å². The van der Waals surface area contributed by atoms with Crippen molar-refractivity contribution >= 4 is 23.4 Å². The summed E-state index contributed by atoms with van der Waals surface area (Å²) in [5.41, 5.74) is -0.0323. The molecule has 2 amide bonds. The van der Waals surface area contributed by atoms with Crippen LogP contribution in [0.2, 0.25) is 0 Å². The number of fused-ring (bicyclic) bond motifs is 2. The van der Waals surface area contributed by atoms with Gasteiger partial charge in [-0.25, -0.2) is 4.79 Å². The van der Waals surface area contributed by atoms with Gasteiger partial charge in [0.25, 0.3) is 5.69 Å². The van der Waals surface area contributed by atoms with Crippen LogP contribution in [-0.2, 0) is 9.53 Å². The van der Waals surface area contributed by atoms with Gasteiger partial charge in [0.2, 0.25) is 5.91 Å². The average molecular weight is 333 g/mol. The van der Waals surface area contributed by atoms with Crippen LogP contribution in [0.5, 0.6) is 0 Å². The fourth-order valence-corrected chi connectivity index (χ4v) is 3.04. The molecule has 0 aliphatic carbocycles. The van der Waals surface area contributed by atoms with Gasteiger partial charge in [0.15, 0.2) is 0 Å². The molecule has 3 fully saturated rings. The van der Waals surface area contributed by atoms with E-state index in [9.17, 15) is 19.7 Å². The molecule has 3 saturated heterocycles. The molecule has 3 aliphatic rings. The maximum Gasteiger partial charge on any atom is 0.411 e. The number of piperazine rings is 1. The number of nitro groups is 1. The number of amides is 2. The monoisotopic (exact) mass is 333 g/mol. The van der Waals surface area contributed by atoms with Gasteiger partial charge in [-0.15, -0.1) is 0 Å². The molecule has 3 aliphatic heterocycles. The SMILES string of the molecule is CC(C)(C)OC(=O)N1C2CC1C(=O)N(c1ccc([N+](=O)[O-])cc1)C2. The smallest absolute Gasteiger partial charge is 0.411 e. The van der Waals surface area contributed by atoms with E-state index in [-0.39, 0.29) is 17.6 Å². The predicted octanol–water partition coefficient (Wildman–Crippen LogP) is 2.32. The van der Waals surface area contributed by atoms with E-state index in [1.165, 1.54) is 17.0 Å². The molecule has 0 aromatic heterocycles. The molecule has 0 saturated carbocycles. The van der Waals surface area contributed by atoms with Crippen molar-refractivity contribution in [1.29, 1.82) is 0 Å². The summed E-state index contributed by atoms with van der Waals surface area (Å²) in [7, 11) is 0. The number of non-ortho nitro benzene ring substituents is 1. The van der Waals surface area contributed by atoms with Gasteiger partial charge >= 0.3 is 6.09 Å². The molecule has 0 radical (unpaired) electrons. The van der Waals surface area contributed by atoms with Crippen molar-refractivity contribution in [3.63, 3.8) is 0 Å². The second kappa shape index (κ2) is 5.47. The van der Waals surface area contributed by atoms with Gasteiger partial charge in [-0.2, -0.15) is 0 Å². The van der Waals surface area contributed by atoms with Gasteiger partial charge in [0, 0.05) is 24.4 Å². The summed E-state index contributed by atoms with van der Waals surface area (Å²) in [5, 5.41) is 10.7. The molecule has 4 rings (SSSR count). The summed E-state index contributed by atoms with van der Waals surface area (Å²) in [5.74, 6) is -0.183. The fraction of sp³-hybridized carbons (Fsp3) is 0.500. The first kappa shape index (κ1) is 16.2. The van der Waals surface area contributed by atoms with Crippen LogP contribution in [0.15, 0.2) is 24.3 Å². The van der Waals surface area contributed by atoms with Gasteiger partial charge in [-0.05, 0) is 39.3 Å². The Labute approximate surface area is 139 Å². The van der Waals surface area contributed by atoms with Crippen LogP contribution in [0.3, 0.4) is 0 Å². The van der Waals surface area contributed by atoms with Crippen molar-refractivity contribution in [3.05, 3.63) is 34.4 Å². The molecule has 2 atom stereocenters. The van der Waals surface area contributed by atoms with E-state index in [0.717, 1.165) is 0 Å². The summed E-state index contributed by atoms with van der Waals surface area (Å²) in [6, 6.07) is 5.24. The third-order valence-corrected chi connectivity index (χ3v) is 4.15. The quantitative estimate of drug-likeness (QED) is 0.611. The van der Waals surface area contributed by atoms with E-state index in [1.54, 1.807) is 37.8 Å². The number of benzene rings is 1. The highest BCUT2D eigenvalue weighted by molar-refractivity contribution is 6.02. The van der Waals surface area contributed by atoms with Crippen molar-refractivity contribution in [2.24, 2.45) is 0 Å². The first-order valence-electron chi connectivity index (χ1n) is 7.74. The Morgan fingerprint density at radius 2 is 1.92 bits per heavy atom. The minimum Gasteiger partial charge on any atom is -0.444 e. The van der Waals surface area contributed by atoms with Crippen molar-refractivity contribution in [2.45, 2.75) is 44.9 Å². The van der Waals surface area contributed by atoms with Gasteiger partial charge in [0.05, 0.1) is 11.0 Å². The summed E-state index contributed by atoms with van der Waals surface area (Å²) < 4.78 is 5.35. The molecule has 3 heterocycles. The van der Waals surface area contributed by atoms with E-state index in [2.05, 4.69) is 0 Å². The lowest BCUT2D eigenvalue weighted by Gasteiger charge is -2.54. The fourth-order valence-electron chi connectivity index (χ4n) is 3.04. The second-order valence-electron chi connectivity index (χ2n) is 7.02. The number of nitro benzene ring substituents is 1. The second-order valence-corrected chi connectivity index (χ2v) is 7.02. The van der Waals surface area contributed by atoms with Crippen LogP contribution in [0.4, 0.5) is 16.2 Å². The summed E-state index contributed by atoms with van der Waals surface area (Å²) in [4.78, 5) is 38.1. The zero-order chi connectivity index (χ0) is 17.6. The molecular formula is C16H19N3O5. The van der Waals surface area contributed by atoms with E-state index in [1.807, 2.05) is 0 Å². The number of hydrogen-bond donors (Lipinski definition) is 0. The van der Waals surface area contributed by atoms with Crippen molar-refractivity contribution in [2.75, 3.05) is 11.4 Å². The number of nitrogens with zero attached hydrogens (tertiary/aromatic N) is 3. The Balaban J connectivity index is 1.73. The number of carbonyl (C=O) groups is 2. The molecule has 8 nitrogen and oxygen atoms in total. The standard InChI is InChI=1S/C16H19N3O5/c1-16(2,3)24-15(21)18-12-8-13(18)14(20)17(9-12)10-4-6-11(7-5-10)19(22)23/h4-7,12-13H,8-9H2,1-3H3. The Morgan fingerprint density at radius 1 is 1.29 bits per heavy atom. The van der Waals surface area contributed by atoms with Crippen LogP contribution in [-0.4, -0.2) is 46.1 Å².